The summed E-state index contributed by atoms with van der Waals surface area (Å²) in [6.45, 7) is 2.71. The predicted octanol–water partition coefficient (Wildman–Crippen LogP) is 1.74. The molecule has 0 aliphatic carbocycles. The van der Waals surface area contributed by atoms with Gasteiger partial charge in [-0.05, 0) is 12.5 Å². The van der Waals surface area contributed by atoms with Gasteiger partial charge in [-0.2, -0.15) is 5.26 Å². The summed E-state index contributed by atoms with van der Waals surface area (Å²) in [5.41, 5.74) is 0.392. The molecule has 1 aromatic rings. The normalized spacial score (nSPS) is 9.00. The summed E-state index contributed by atoms with van der Waals surface area (Å²) in [5, 5.41) is 8.52. The van der Waals surface area contributed by atoms with Crippen LogP contribution in [0.3, 0.4) is 0 Å². The van der Waals surface area contributed by atoms with Crippen LogP contribution in [0.1, 0.15) is 19.0 Å². The number of nitrogens with zero attached hydrogens (tertiary/aromatic N) is 2. The van der Waals surface area contributed by atoms with E-state index in [9.17, 15) is 0 Å². The van der Waals surface area contributed by atoms with Crippen LogP contribution in [0.15, 0.2) is 18.3 Å². The lowest BCUT2D eigenvalue weighted by atomic mass is 10.3. The number of rotatable bonds is 3. The molecule has 0 aliphatic rings. The Hall–Kier alpha value is -1.56. The molecule has 0 radical (unpaired) electrons. The van der Waals surface area contributed by atoms with Crippen LogP contribution in [0.4, 0.5) is 0 Å². The quantitative estimate of drug-likeness (QED) is 0.680. The first-order valence-corrected chi connectivity index (χ1v) is 3.85. The summed E-state index contributed by atoms with van der Waals surface area (Å²) in [6.07, 6.45) is 2.54. The maximum absolute atomic E-state index is 8.52. The van der Waals surface area contributed by atoms with Gasteiger partial charge in [0.2, 0.25) is 0 Å². The number of hydrogen-bond donors (Lipinski definition) is 0. The highest BCUT2D eigenvalue weighted by molar-refractivity contribution is 5.29. The lowest BCUT2D eigenvalue weighted by molar-refractivity contribution is 0.317. The predicted molar refractivity (Wildman–Crippen MR) is 44.7 cm³/mol. The molecule has 62 valence electrons. The van der Waals surface area contributed by atoms with Gasteiger partial charge in [0.25, 0.3) is 0 Å². The van der Waals surface area contributed by atoms with Crippen molar-refractivity contribution >= 4 is 0 Å². The molecule has 0 amide bonds. The fraction of sp³-hybridized carbons (Fsp3) is 0.333. The number of ether oxygens (including phenoxy) is 1. The molecule has 1 rings (SSSR count). The molecule has 0 unspecified atom stereocenters. The number of aromatic nitrogens is 1. The van der Waals surface area contributed by atoms with Crippen LogP contribution in [0, 0.1) is 11.3 Å². The minimum atomic E-state index is 0.392. The van der Waals surface area contributed by atoms with Crippen LogP contribution in [-0.4, -0.2) is 11.6 Å². The van der Waals surface area contributed by atoms with Gasteiger partial charge in [0.15, 0.2) is 0 Å². The van der Waals surface area contributed by atoms with E-state index in [0.717, 1.165) is 6.42 Å². The van der Waals surface area contributed by atoms with Gasteiger partial charge >= 0.3 is 0 Å². The monoisotopic (exact) mass is 162 g/mol. The molecular weight excluding hydrogens is 152 g/mol. The number of pyridine rings is 1. The zero-order valence-electron chi connectivity index (χ0n) is 6.95. The third-order valence-corrected chi connectivity index (χ3v) is 1.32. The highest BCUT2D eigenvalue weighted by Crippen LogP contribution is 2.09. The zero-order valence-corrected chi connectivity index (χ0v) is 6.95. The fourth-order valence-corrected chi connectivity index (χ4v) is 0.782. The molecule has 0 saturated heterocycles. The second-order valence-corrected chi connectivity index (χ2v) is 2.34. The summed E-state index contributed by atoms with van der Waals surface area (Å²) in [4.78, 5) is 3.82. The van der Waals surface area contributed by atoms with Gasteiger partial charge in [0, 0.05) is 12.3 Å². The minimum absolute atomic E-state index is 0.392. The van der Waals surface area contributed by atoms with E-state index in [-0.39, 0.29) is 0 Å². The molecule has 0 aromatic carbocycles. The van der Waals surface area contributed by atoms with E-state index in [4.69, 9.17) is 10.00 Å². The molecule has 1 heterocycles. The first kappa shape index (κ1) is 8.54. The van der Waals surface area contributed by atoms with Crippen LogP contribution in [0.25, 0.3) is 0 Å². The molecule has 0 atom stereocenters. The highest BCUT2D eigenvalue weighted by atomic mass is 16.5. The second kappa shape index (κ2) is 4.35. The zero-order chi connectivity index (χ0) is 8.81. The Morgan fingerprint density at radius 1 is 1.67 bits per heavy atom. The summed E-state index contributed by atoms with van der Waals surface area (Å²) in [7, 11) is 0. The van der Waals surface area contributed by atoms with Gasteiger partial charge in [0.05, 0.1) is 6.61 Å². The van der Waals surface area contributed by atoms with Gasteiger partial charge in [-0.15, -0.1) is 0 Å². The van der Waals surface area contributed by atoms with Crippen LogP contribution in [0.2, 0.25) is 0 Å². The largest absolute Gasteiger partial charge is 0.493 e. The van der Waals surface area contributed by atoms with Crippen molar-refractivity contribution in [1.29, 1.82) is 5.26 Å². The average Bonchev–Trinajstić information content (AvgIpc) is 2.15. The van der Waals surface area contributed by atoms with Crippen molar-refractivity contribution in [2.45, 2.75) is 13.3 Å². The SMILES string of the molecule is CCCOc1ccnc(C#N)c1. The Morgan fingerprint density at radius 2 is 2.50 bits per heavy atom. The molecule has 0 fully saturated rings. The Morgan fingerprint density at radius 3 is 3.17 bits per heavy atom. The van der Waals surface area contributed by atoms with Gasteiger partial charge in [-0.3, -0.25) is 0 Å². The molecule has 3 nitrogen and oxygen atoms in total. The fourth-order valence-electron chi connectivity index (χ4n) is 0.782. The Bertz CT molecular complexity index is 291. The summed E-state index contributed by atoms with van der Waals surface area (Å²) in [5.74, 6) is 0.711. The smallest absolute Gasteiger partial charge is 0.144 e. The first-order valence-electron chi connectivity index (χ1n) is 3.85. The first-order chi connectivity index (χ1) is 5.86. The maximum atomic E-state index is 8.52. The van der Waals surface area contributed by atoms with E-state index in [1.165, 1.54) is 0 Å². The van der Waals surface area contributed by atoms with E-state index < -0.39 is 0 Å². The van der Waals surface area contributed by atoms with Crippen LogP contribution in [0.5, 0.6) is 5.75 Å². The molecule has 0 saturated carbocycles. The highest BCUT2D eigenvalue weighted by Gasteiger charge is 1.95. The Kier molecular flexibility index (Phi) is 3.09. The van der Waals surface area contributed by atoms with Crippen molar-refractivity contribution < 1.29 is 4.74 Å². The molecule has 1 aromatic heterocycles. The number of nitriles is 1. The van der Waals surface area contributed by atoms with Crippen molar-refractivity contribution in [3.8, 4) is 11.8 Å². The molecule has 0 spiro atoms. The Labute approximate surface area is 71.6 Å². The standard InChI is InChI=1S/C9H10N2O/c1-2-5-12-9-3-4-11-8(6-9)7-10/h3-4,6H,2,5H2,1H3. The van der Waals surface area contributed by atoms with E-state index in [0.29, 0.717) is 18.1 Å². The van der Waals surface area contributed by atoms with Crippen LogP contribution >= 0.6 is 0 Å². The summed E-state index contributed by atoms with van der Waals surface area (Å²) < 4.78 is 5.31. The van der Waals surface area contributed by atoms with Crippen molar-refractivity contribution in [3.63, 3.8) is 0 Å². The lowest BCUT2D eigenvalue weighted by Crippen LogP contribution is -1.95. The van der Waals surface area contributed by atoms with E-state index in [2.05, 4.69) is 4.98 Å². The van der Waals surface area contributed by atoms with Gasteiger partial charge < -0.3 is 4.74 Å². The Balaban J connectivity index is 2.68. The van der Waals surface area contributed by atoms with Crippen LogP contribution < -0.4 is 4.74 Å². The lowest BCUT2D eigenvalue weighted by Gasteiger charge is -2.02. The third-order valence-electron chi connectivity index (χ3n) is 1.32. The van der Waals surface area contributed by atoms with Gasteiger partial charge in [-0.25, -0.2) is 4.98 Å². The van der Waals surface area contributed by atoms with E-state index in [1.807, 2.05) is 13.0 Å². The number of hydrogen-bond acceptors (Lipinski definition) is 3. The molecule has 0 bridgehead atoms. The average molecular weight is 162 g/mol. The minimum Gasteiger partial charge on any atom is -0.493 e. The third kappa shape index (κ3) is 2.24. The van der Waals surface area contributed by atoms with Crippen molar-refractivity contribution in [3.05, 3.63) is 24.0 Å². The molecule has 12 heavy (non-hydrogen) atoms. The molecule has 3 heteroatoms. The maximum Gasteiger partial charge on any atom is 0.144 e. The molecular formula is C9H10N2O. The van der Waals surface area contributed by atoms with Gasteiger partial charge in [-0.1, -0.05) is 6.92 Å². The van der Waals surface area contributed by atoms with E-state index in [1.54, 1.807) is 18.3 Å². The van der Waals surface area contributed by atoms with Crippen molar-refractivity contribution in [2.75, 3.05) is 6.61 Å². The second-order valence-electron chi connectivity index (χ2n) is 2.34. The van der Waals surface area contributed by atoms with E-state index >= 15 is 0 Å². The van der Waals surface area contributed by atoms with Crippen molar-refractivity contribution in [1.82, 2.24) is 4.98 Å². The molecule has 0 aliphatic heterocycles. The molecule has 0 N–H and O–H groups in total. The summed E-state index contributed by atoms with van der Waals surface area (Å²) >= 11 is 0. The van der Waals surface area contributed by atoms with Crippen LogP contribution in [-0.2, 0) is 0 Å². The van der Waals surface area contributed by atoms with Crippen molar-refractivity contribution in [2.24, 2.45) is 0 Å². The topological polar surface area (TPSA) is 45.9 Å². The summed E-state index contributed by atoms with van der Waals surface area (Å²) in [6, 6.07) is 5.33. The van der Waals surface area contributed by atoms with Gasteiger partial charge in [0.1, 0.15) is 17.5 Å².